The van der Waals surface area contributed by atoms with Gasteiger partial charge in [-0.1, -0.05) is 12.1 Å². The zero-order valence-corrected chi connectivity index (χ0v) is 19.1. The van der Waals surface area contributed by atoms with E-state index >= 15 is 0 Å². The van der Waals surface area contributed by atoms with Crippen LogP contribution < -0.4 is 10.2 Å². The van der Waals surface area contributed by atoms with E-state index in [2.05, 4.69) is 20.5 Å². The molecule has 2 aromatic heterocycles. The number of anilines is 2. The summed E-state index contributed by atoms with van der Waals surface area (Å²) in [5.41, 5.74) is 0.484. The normalized spacial score (nSPS) is 19.9. The first-order valence-electron chi connectivity index (χ1n) is 11.1. The Morgan fingerprint density at radius 3 is 2.62 bits per heavy atom. The highest BCUT2D eigenvalue weighted by Gasteiger charge is 2.48. The SMILES string of the molecule is CC(C)(O)CN(C=O)c1cccc(-c2ccc(NCC3(c4ncccc4F)CC(F)C3)nn2)c1. The van der Waals surface area contributed by atoms with Crippen LogP contribution in [0.15, 0.2) is 54.7 Å². The van der Waals surface area contributed by atoms with Crippen LogP contribution in [0, 0.1) is 5.82 Å². The quantitative estimate of drug-likeness (QED) is 0.464. The number of benzene rings is 1. The number of aromatic nitrogens is 3. The molecule has 0 aliphatic heterocycles. The average Bonchev–Trinajstić information content (AvgIpc) is 2.80. The summed E-state index contributed by atoms with van der Waals surface area (Å²) in [7, 11) is 0. The third-order valence-corrected chi connectivity index (χ3v) is 5.92. The summed E-state index contributed by atoms with van der Waals surface area (Å²) >= 11 is 0. The first kappa shape index (κ1) is 23.7. The molecule has 1 fully saturated rings. The number of nitrogens with zero attached hydrogens (tertiary/aromatic N) is 4. The Labute approximate surface area is 196 Å². The molecule has 0 unspecified atom stereocenters. The van der Waals surface area contributed by atoms with Crippen LogP contribution in [0.2, 0.25) is 0 Å². The van der Waals surface area contributed by atoms with Crippen molar-refractivity contribution in [2.24, 2.45) is 0 Å². The number of nitrogens with one attached hydrogen (secondary N) is 1. The van der Waals surface area contributed by atoms with Crippen molar-refractivity contribution in [2.45, 2.75) is 43.9 Å². The number of pyridine rings is 1. The fraction of sp³-hybridized carbons (Fsp3) is 0.360. The lowest BCUT2D eigenvalue weighted by Gasteiger charge is -2.44. The van der Waals surface area contributed by atoms with Gasteiger partial charge in [-0.15, -0.1) is 10.2 Å². The molecule has 1 aliphatic rings. The standard InChI is InChI=1S/C25H27F2N5O2/c1-24(2,34)15-32(16-33)19-6-3-5-17(11-19)21-8-9-22(31-30-21)29-14-25(12-18(26)13-25)23-20(27)7-4-10-28-23/h3-11,16,18,34H,12-15H2,1-2H3,(H,29,31). The summed E-state index contributed by atoms with van der Waals surface area (Å²) in [5, 5.41) is 21.7. The van der Waals surface area contributed by atoms with E-state index in [1.807, 2.05) is 6.07 Å². The molecule has 9 heteroatoms. The topological polar surface area (TPSA) is 91.2 Å². The van der Waals surface area contributed by atoms with Crippen LogP contribution in [-0.2, 0) is 10.2 Å². The Kier molecular flexibility index (Phi) is 6.56. The maximum atomic E-state index is 14.3. The lowest BCUT2D eigenvalue weighted by molar-refractivity contribution is -0.108. The molecular formula is C25H27F2N5O2. The van der Waals surface area contributed by atoms with Crippen molar-refractivity contribution in [1.29, 1.82) is 0 Å². The Morgan fingerprint density at radius 1 is 1.21 bits per heavy atom. The van der Waals surface area contributed by atoms with Gasteiger partial charge in [0.05, 0.1) is 23.5 Å². The largest absolute Gasteiger partial charge is 0.389 e. The van der Waals surface area contributed by atoms with Crippen LogP contribution in [0.3, 0.4) is 0 Å². The second-order valence-corrected chi connectivity index (χ2v) is 9.37. The van der Waals surface area contributed by atoms with Crippen LogP contribution in [0.5, 0.6) is 0 Å². The van der Waals surface area contributed by atoms with Gasteiger partial charge in [0.2, 0.25) is 6.41 Å². The van der Waals surface area contributed by atoms with Gasteiger partial charge in [0.25, 0.3) is 0 Å². The fourth-order valence-electron chi connectivity index (χ4n) is 4.28. The number of rotatable bonds is 9. The summed E-state index contributed by atoms with van der Waals surface area (Å²) in [5.74, 6) is 0.0425. The van der Waals surface area contributed by atoms with E-state index in [-0.39, 0.29) is 31.6 Å². The van der Waals surface area contributed by atoms with E-state index in [1.165, 1.54) is 23.2 Å². The minimum atomic E-state index is -1.04. The van der Waals surface area contributed by atoms with Crippen LogP contribution in [0.25, 0.3) is 11.3 Å². The summed E-state index contributed by atoms with van der Waals surface area (Å²) in [6, 6.07) is 13.6. The maximum absolute atomic E-state index is 14.3. The van der Waals surface area contributed by atoms with Gasteiger partial charge < -0.3 is 15.3 Å². The van der Waals surface area contributed by atoms with Crippen molar-refractivity contribution >= 4 is 17.9 Å². The van der Waals surface area contributed by atoms with Crippen LogP contribution in [-0.4, -0.2) is 51.6 Å². The third kappa shape index (κ3) is 5.20. The zero-order chi connectivity index (χ0) is 24.3. The molecule has 34 heavy (non-hydrogen) atoms. The van der Waals surface area contributed by atoms with Gasteiger partial charge in [-0.05, 0) is 63.1 Å². The van der Waals surface area contributed by atoms with Crippen molar-refractivity contribution < 1.29 is 18.7 Å². The van der Waals surface area contributed by atoms with Gasteiger partial charge >= 0.3 is 0 Å². The first-order chi connectivity index (χ1) is 16.2. The molecule has 4 rings (SSSR count). The van der Waals surface area contributed by atoms with Crippen molar-refractivity contribution in [3.05, 3.63) is 66.2 Å². The molecule has 0 spiro atoms. The van der Waals surface area contributed by atoms with E-state index in [0.29, 0.717) is 23.6 Å². The third-order valence-electron chi connectivity index (χ3n) is 5.92. The molecule has 2 N–H and O–H groups in total. The smallest absolute Gasteiger partial charge is 0.214 e. The minimum absolute atomic E-state index is 0.146. The van der Waals surface area contributed by atoms with Gasteiger partial charge in [0.1, 0.15) is 17.8 Å². The number of hydrogen-bond acceptors (Lipinski definition) is 6. The van der Waals surface area contributed by atoms with E-state index < -0.39 is 23.0 Å². The van der Waals surface area contributed by atoms with Crippen molar-refractivity contribution in [3.8, 4) is 11.3 Å². The summed E-state index contributed by atoms with van der Waals surface area (Å²) in [4.78, 5) is 17.1. The van der Waals surface area contributed by atoms with Gasteiger partial charge in [-0.2, -0.15) is 0 Å². The molecule has 0 bridgehead atoms. The van der Waals surface area contributed by atoms with Crippen LogP contribution >= 0.6 is 0 Å². The number of halogens is 2. The summed E-state index contributed by atoms with van der Waals surface area (Å²) in [6.07, 6.45) is 1.61. The number of alkyl halides is 1. The Bertz CT molecular complexity index is 1140. The first-order valence-corrected chi connectivity index (χ1v) is 11.1. The summed E-state index contributed by atoms with van der Waals surface area (Å²) in [6.45, 7) is 3.70. The predicted molar refractivity (Wildman–Crippen MR) is 126 cm³/mol. The number of amides is 1. The molecule has 1 aliphatic carbocycles. The molecule has 3 aromatic rings. The molecule has 1 aromatic carbocycles. The van der Waals surface area contributed by atoms with Crippen LogP contribution in [0.4, 0.5) is 20.3 Å². The van der Waals surface area contributed by atoms with Gasteiger partial charge in [0.15, 0.2) is 0 Å². The average molecular weight is 468 g/mol. The number of carbonyl (C=O) groups is 1. The molecule has 0 radical (unpaired) electrons. The molecular weight excluding hydrogens is 440 g/mol. The summed E-state index contributed by atoms with van der Waals surface area (Å²) < 4.78 is 28.1. The van der Waals surface area contributed by atoms with E-state index in [0.717, 1.165) is 5.56 Å². The zero-order valence-electron chi connectivity index (χ0n) is 19.1. The predicted octanol–water partition coefficient (Wildman–Crippen LogP) is 3.89. The Morgan fingerprint density at radius 2 is 2.00 bits per heavy atom. The highest BCUT2D eigenvalue weighted by atomic mass is 19.1. The Hall–Kier alpha value is -3.46. The van der Waals surface area contributed by atoms with Gasteiger partial charge in [-0.25, -0.2) is 8.78 Å². The molecule has 1 saturated carbocycles. The van der Waals surface area contributed by atoms with Crippen LogP contribution in [0.1, 0.15) is 32.4 Å². The molecule has 1 amide bonds. The van der Waals surface area contributed by atoms with E-state index in [9.17, 15) is 18.7 Å². The van der Waals surface area contributed by atoms with Crippen molar-refractivity contribution in [2.75, 3.05) is 23.3 Å². The second kappa shape index (κ2) is 9.42. The highest BCUT2D eigenvalue weighted by Crippen LogP contribution is 2.45. The second-order valence-electron chi connectivity index (χ2n) is 9.37. The fourth-order valence-corrected chi connectivity index (χ4v) is 4.28. The molecule has 178 valence electrons. The Balaban J connectivity index is 1.48. The van der Waals surface area contributed by atoms with Gasteiger partial charge in [-0.3, -0.25) is 9.78 Å². The maximum Gasteiger partial charge on any atom is 0.214 e. The lowest BCUT2D eigenvalue weighted by Crippen LogP contribution is -2.49. The molecule has 0 atom stereocenters. The number of carbonyl (C=O) groups excluding carboxylic acids is 1. The van der Waals surface area contributed by atoms with E-state index in [4.69, 9.17) is 0 Å². The minimum Gasteiger partial charge on any atom is -0.389 e. The lowest BCUT2D eigenvalue weighted by atomic mass is 9.65. The molecule has 2 heterocycles. The molecule has 0 saturated heterocycles. The highest BCUT2D eigenvalue weighted by molar-refractivity contribution is 5.78. The number of hydrogen-bond donors (Lipinski definition) is 2. The van der Waals surface area contributed by atoms with Crippen molar-refractivity contribution in [1.82, 2.24) is 15.2 Å². The van der Waals surface area contributed by atoms with Gasteiger partial charge in [0, 0.05) is 29.4 Å². The monoisotopic (exact) mass is 467 g/mol. The number of aliphatic hydroxyl groups is 1. The molecule has 7 nitrogen and oxygen atoms in total. The van der Waals surface area contributed by atoms with Crippen molar-refractivity contribution in [3.63, 3.8) is 0 Å². The van der Waals surface area contributed by atoms with E-state index in [1.54, 1.807) is 44.2 Å².